The average molecular weight is 260 g/mol. The fourth-order valence-corrected chi connectivity index (χ4v) is 1.85. The first-order valence-corrected chi connectivity index (χ1v) is 5.71. The van der Waals surface area contributed by atoms with Crippen LogP contribution in [-0.2, 0) is 0 Å². The second-order valence-electron chi connectivity index (χ2n) is 3.70. The summed E-state index contributed by atoms with van der Waals surface area (Å²) in [5, 5.41) is 11.0. The zero-order valence-electron chi connectivity index (χ0n) is 9.42. The van der Waals surface area contributed by atoms with Gasteiger partial charge < -0.3 is 0 Å². The highest BCUT2D eigenvalue weighted by molar-refractivity contribution is 6.31. The summed E-state index contributed by atoms with van der Waals surface area (Å²) in [5.74, 6) is 0. The Kier molecular flexibility index (Phi) is 3.75. The third kappa shape index (κ3) is 2.96. The molecule has 18 heavy (non-hydrogen) atoms. The highest BCUT2D eigenvalue weighted by atomic mass is 35.5. The van der Waals surface area contributed by atoms with Crippen LogP contribution in [0.2, 0.25) is 5.02 Å². The summed E-state index contributed by atoms with van der Waals surface area (Å²) >= 11 is 5.97. The second kappa shape index (κ2) is 5.47. The largest absolute Gasteiger partial charge is 0.259 e. The maximum Gasteiger partial charge on any atom is 0.235 e. The van der Waals surface area contributed by atoms with E-state index in [0.717, 1.165) is 22.9 Å². The molecule has 2 aromatic rings. The Morgan fingerprint density at radius 2 is 1.83 bits per heavy atom. The van der Waals surface area contributed by atoms with Crippen molar-refractivity contribution in [3.05, 3.63) is 75.4 Å². The highest BCUT2D eigenvalue weighted by Crippen LogP contribution is 2.27. The van der Waals surface area contributed by atoms with Crippen molar-refractivity contribution in [1.82, 2.24) is 0 Å². The first-order chi connectivity index (χ1) is 8.66. The molecule has 90 valence electrons. The zero-order chi connectivity index (χ0) is 13.0. The van der Waals surface area contributed by atoms with Gasteiger partial charge in [0, 0.05) is 11.1 Å². The van der Waals surface area contributed by atoms with Crippen molar-refractivity contribution in [3.63, 3.8) is 0 Å². The van der Waals surface area contributed by atoms with Crippen LogP contribution in [0, 0.1) is 10.1 Å². The Morgan fingerprint density at radius 1 is 1.11 bits per heavy atom. The van der Waals surface area contributed by atoms with Crippen LogP contribution < -0.4 is 0 Å². The van der Waals surface area contributed by atoms with E-state index in [1.54, 1.807) is 18.2 Å². The van der Waals surface area contributed by atoms with E-state index in [4.69, 9.17) is 11.6 Å². The van der Waals surface area contributed by atoms with Gasteiger partial charge in [-0.2, -0.15) is 0 Å². The zero-order valence-corrected chi connectivity index (χ0v) is 10.2. The molecule has 0 amide bonds. The van der Waals surface area contributed by atoms with Crippen molar-refractivity contribution >= 4 is 17.7 Å². The normalized spacial score (nSPS) is 10.7. The molecule has 4 heteroatoms. The Bertz CT molecular complexity index is 594. The second-order valence-corrected chi connectivity index (χ2v) is 4.14. The van der Waals surface area contributed by atoms with E-state index in [0.29, 0.717) is 5.02 Å². The topological polar surface area (TPSA) is 43.1 Å². The van der Waals surface area contributed by atoms with Crippen molar-refractivity contribution in [2.24, 2.45) is 0 Å². The Labute approximate surface area is 109 Å². The summed E-state index contributed by atoms with van der Waals surface area (Å²) in [5.41, 5.74) is 2.62. The molecule has 2 rings (SSSR count). The van der Waals surface area contributed by atoms with Crippen LogP contribution in [0.5, 0.6) is 0 Å². The molecule has 0 saturated carbocycles. The van der Waals surface area contributed by atoms with E-state index >= 15 is 0 Å². The molecule has 0 aliphatic carbocycles. The van der Waals surface area contributed by atoms with Crippen LogP contribution in [-0.4, -0.2) is 4.92 Å². The van der Waals surface area contributed by atoms with Crippen molar-refractivity contribution in [1.29, 1.82) is 0 Å². The van der Waals surface area contributed by atoms with E-state index < -0.39 is 4.92 Å². The molecular weight excluding hydrogens is 250 g/mol. The van der Waals surface area contributed by atoms with Crippen molar-refractivity contribution < 1.29 is 4.92 Å². The maximum absolute atomic E-state index is 10.4. The molecule has 0 bridgehead atoms. The lowest BCUT2D eigenvalue weighted by atomic mass is 10.00. The summed E-state index contributed by atoms with van der Waals surface area (Å²) < 4.78 is 0. The Balaban J connectivity index is 2.51. The van der Waals surface area contributed by atoms with Crippen molar-refractivity contribution in [3.8, 4) is 11.1 Å². The van der Waals surface area contributed by atoms with Gasteiger partial charge in [-0.1, -0.05) is 48.0 Å². The predicted molar refractivity (Wildman–Crippen MR) is 72.9 cm³/mol. The minimum atomic E-state index is -0.483. The predicted octanol–water partition coefficient (Wildman–Crippen LogP) is 4.25. The number of nitrogens with zero attached hydrogens (tertiary/aromatic N) is 1. The minimum Gasteiger partial charge on any atom is -0.259 e. The molecular formula is C14H10ClNO2. The molecule has 0 atom stereocenters. The van der Waals surface area contributed by atoms with Gasteiger partial charge in [0.25, 0.3) is 0 Å². The van der Waals surface area contributed by atoms with Crippen LogP contribution in [0.25, 0.3) is 17.2 Å². The SMILES string of the molecule is O=[N+]([O-])/C=C/c1ccc(Cl)cc1-c1ccccc1. The molecule has 0 unspecified atom stereocenters. The monoisotopic (exact) mass is 259 g/mol. The van der Waals surface area contributed by atoms with E-state index in [1.165, 1.54) is 6.08 Å². The van der Waals surface area contributed by atoms with E-state index in [2.05, 4.69) is 0 Å². The molecule has 0 aliphatic heterocycles. The highest BCUT2D eigenvalue weighted by Gasteiger charge is 2.04. The van der Waals surface area contributed by atoms with Crippen LogP contribution in [0.15, 0.2) is 54.7 Å². The van der Waals surface area contributed by atoms with E-state index in [9.17, 15) is 10.1 Å². The van der Waals surface area contributed by atoms with Crippen LogP contribution in [0.1, 0.15) is 5.56 Å². The van der Waals surface area contributed by atoms with Gasteiger partial charge in [-0.25, -0.2) is 0 Å². The quantitative estimate of drug-likeness (QED) is 0.611. The molecule has 0 spiro atoms. The third-order valence-electron chi connectivity index (χ3n) is 2.48. The maximum atomic E-state index is 10.4. The van der Waals surface area contributed by atoms with E-state index in [-0.39, 0.29) is 0 Å². The van der Waals surface area contributed by atoms with Gasteiger partial charge in [0.2, 0.25) is 6.20 Å². The molecule has 0 heterocycles. The average Bonchev–Trinajstić information content (AvgIpc) is 2.38. The lowest BCUT2D eigenvalue weighted by Crippen LogP contribution is -1.86. The third-order valence-corrected chi connectivity index (χ3v) is 2.71. The molecule has 0 saturated heterocycles. The number of rotatable bonds is 3. The van der Waals surface area contributed by atoms with Gasteiger partial charge in [-0.05, 0) is 28.8 Å². The smallest absolute Gasteiger partial charge is 0.235 e. The number of benzene rings is 2. The summed E-state index contributed by atoms with van der Waals surface area (Å²) in [7, 11) is 0. The van der Waals surface area contributed by atoms with E-state index in [1.807, 2.05) is 30.3 Å². The van der Waals surface area contributed by atoms with Gasteiger partial charge in [0.1, 0.15) is 0 Å². The number of nitro groups is 1. The molecule has 2 aromatic carbocycles. The van der Waals surface area contributed by atoms with Gasteiger partial charge in [0.15, 0.2) is 0 Å². The Morgan fingerprint density at radius 3 is 2.50 bits per heavy atom. The molecule has 0 N–H and O–H groups in total. The van der Waals surface area contributed by atoms with Crippen LogP contribution in [0.4, 0.5) is 0 Å². The first-order valence-electron chi connectivity index (χ1n) is 5.33. The number of hydrogen-bond acceptors (Lipinski definition) is 2. The van der Waals surface area contributed by atoms with Crippen molar-refractivity contribution in [2.75, 3.05) is 0 Å². The van der Waals surface area contributed by atoms with Gasteiger partial charge in [0.05, 0.1) is 4.92 Å². The van der Waals surface area contributed by atoms with Gasteiger partial charge in [-0.3, -0.25) is 10.1 Å². The van der Waals surface area contributed by atoms with Gasteiger partial charge in [-0.15, -0.1) is 0 Å². The number of hydrogen-bond donors (Lipinski definition) is 0. The minimum absolute atomic E-state index is 0.483. The summed E-state index contributed by atoms with van der Waals surface area (Å²) in [6, 6.07) is 14.9. The molecule has 0 radical (unpaired) electrons. The van der Waals surface area contributed by atoms with Gasteiger partial charge >= 0.3 is 0 Å². The first kappa shape index (κ1) is 12.3. The summed E-state index contributed by atoms with van der Waals surface area (Å²) in [4.78, 5) is 9.90. The van der Waals surface area contributed by atoms with Crippen molar-refractivity contribution in [2.45, 2.75) is 0 Å². The summed E-state index contributed by atoms with van der Waals surface area (Å²) in [6.07, 6.45) is 2.40. The Hall–Kier alpha value is -2.13. The lowest BCUT2D eigenvalue weighted by Gasteiger charge is -2.06. The number of halogens is 1. The summed E-state index contributed by atoms with van der Waals surface area (Å²) in [6.45, 7) is 0. The molecule has 0 aromatic heterocycles. The fraction of sp³-hybridized carbons (Fsp3) is 0. The molecule has 0 aliphatic rings. The standard InChI is InChI=1S/C14H10ClNO2/c15-13-7-6-12(8-9-16(17)18)14(10-13)11-4-2-1-3-5-11/h1-10H/b9-8+. The fourth-order valence-electron chi connectivity index (χ4n) is 1.68. The molecule has 3 nitrogen and oxygen atoms in total. The van der Waals surface area contributed by atoms with Crippen LogP contribution >= 0.6 is 11.6 Å². The van der Waals surface area contributed by atoms with Crippen LogP contribution in [0.3, 0.4) is 0 Å². The molecule has 0 fully saturated rings. The lowest BCUT2D eigenvalue weighted by molar-refractivity contribution is -0.400.